The summed E-state index contributed by atoms with van der Waals surface area (Å²) in [6.07, 6.45) is 2.43. The zero-order valence-corrected chi connectivity index (χ0v) is 14.7. The van der Waals surface area contributed by atoms with Crippen molar-refractivity contribution in [2.24, 2.45) is 0 Å². The summed E-state index contributed by atoms with van der Waals surface area (Å²) in [6, 6.07) is 14.4. The third kappa shape index (κ3) is 4.50. The van der Waals surface area contributed by atoms with Crippen molar-refractivity contribution in [3.63, 3.8) is 0 Å². The van der Waals surface area contributed by atoms with E-state index < -0.39 is 0 Å². The molecule has 1 aliphatic rings. The van der Waals surface area contributed by atoms with Crippen molar-refractivity contribution in [3.05, 3.63) is 42.5 Å². The Bertz CT molecular complexity index is 759. The van der Waals surface area contributed by atoms with Crippen LogP contribution in [0.1, 0.15) is 19.3 Å². The van der Waals surface area contributed by atoms with Gasteiger partial charge >= 0.3 is 0 Å². The molecule has 3 rings (SSSR count). The number of likely N-dealkylation sites (N-methyl/N-ethyl adjacent to an activating group) is 1. The van der Waals surface area contributed by atoms with Crippen molar-refractivity contribution < 1.29 is 9.59 Å². The molecular weight excluding hydrogens is 314 g/mol. The first-order valence-electron chi connectivity index (χ1n) is 8.88. The van der Waals surface area contributed by atoms with Crippen molar-refractivity contribution in [2.75, 3.05) is 38.1 Å². The Kier molecular flexibility index (Phi) is 5.53. The number of hydrogen-bond acceptors (Lipinski definition) is 3. The van der Waals surface area contributed by atoms with E-state index >= 15 is 0 Å². The first kappa shape index (κ1) is 17.3. The van der Waals surface area contributed by atoms with Crippen molar-refractivity contribution in [1.82, 2.24) is 10.2 Å². The van der Waals surface area contributed by atoms with Crippen molar-refractivity contribution >= 4 is 28.3 Å². The Morgan fingerprint density at radius 3 is 2.76 bits per heavy atom. The minimum Gasteiger partial charge on any atom is -0.365 e. The summed E-state index contributed by atoms with van der Waals surface area (Å²) < 4.78 is 0. The molecule has 1 fully saturated rings. The van der Waals surface area contributed by atoms with Gasteiger partial charge in [0, 0.05) is 38.8 Å². The summed E-state index contributed by atoms with van der Waals surface area (Å²) in [7, 11) is 1.92. The fourth-order valence-corrected chi connectivity index (χ4v) is 3.21. The third-order valence-corrected chi connectivity index (χ3v) is 4.65. The number of rotatable bonds is 7. The maximum absolute atomic E-state index is 12.1. The van der Waals surface area contributed by atoms with Crippen molar-refractivity contribution in [1.29, 1.82) is 0 Å². The van der Waals surface area contributed by atoms with Gasteiger partial charge in [-0.25, -0.2) is 0 Å². The average Bonchev–Trinajstić information content (AvgIpc) is 3.03. The number of nitrogens with zero attached hydrogens (tertiary/aromatic N) is 2. The lowest BCUT2D eigenvalue weighted by molar-refractivity contribution is -0.127. The van der Waals surface area contributed by atoms with E-state index in [4.69, 9.17) is 0 Å². The zero-order valence-electron chi connectivity index (χ0n) is 14.7. The minimum atomic E-state index is 0.00315. The van der Waals surface area contributed by atoms with Gasteiger partial charge in [0.25, 0.3) is 0 Å². The maximum atomic E-state index is 12.1. The predicted molar refractivity (Wildman–Crippen MR) is 101 cm³/mol. The number of benzene rings is 2. The average molecular weight is 339 g/mol. The number of nitrogens with one attached hydrogen (secondary N) is 1. The standard InChI is InChI=1S/C20H25N3O2/c1-22(18-10-9-16-6-2-3-7-17(16)14-18)15-19(24)21-11-5-13-23-12-4-8-20(23)25/h2-3,6-7,9-10,14H,4-5,8,11-13,15H2,1H3,(H,21,24). The molecule has 1 aliphatic heterocycles. The Morgan fingerprint density at radius 2 is 2.00 bits per heavy atom. The smallest absolute Gasteiger partial charge is 0.239 e. The van der Waals surface area contributed by atoms with Crippen LogP contribution in [0, 0.1) is 0 Å². The summed E-state index contributed by atoms with van der Waals surface area (Å²) in [5, 5.41) is 5.30. The van der Waals surface area contributed by atoms with Crippen LogP contribution in [0.4, 0.5) is 5.69 Å². The minimum absolute atomic E-state index is 0.00315. The highest BCUT2D eigenvalue weighted by molar-refractivity contribution is 5.87. The van der Waals surface area contributed by atoms with E-state index in [0.29, 0.717) is 19.5 Å². The van der Waals surface area contributed by atoms with E-state index in [0.717, 1.165) is 31.6 Å². The second-order valence-electron chi connectivity index (χ2n) is 6.58. The van der Waals surface area contributed by atoms with Gasteiger partial charge in [-0.2, -0.15) is 0 Å². The van der Waals surface area contributed by atoms with Crippen molar-refractivity contribution in [3.8, 4) is 0 Å². The third-order valence-electron chi connectivity index (χ3n) is 4.65. The molecule has 1 saturated heterocycles. The topological polar surface area (TPSA) is 52.7 Å². The molecule has 1 heterocycles. The van der Waals surface area contributed by atoms with Gasteiger partial charge < -0.3 is 15.1 Å². The molecule has 0 unspecified atom stereocenters. The van der Waals surface area contributed by atoms with Crippen LogP contribution in [-0.2, 0) is 9.59 Å². The van der Waals surface area contributed by atoms with E-state index in [1.54, 1.807) is 0 Å². The van der Waals surface area contributed by atoms with Crippen LogP contribution in [0.2, 0.25) is 0 Å². The largest absolute Gasteiger partial charge is 0.365 e. The molecule has 25 heavy (non-hydrogen) atoms. The van der Waals surface area contributed by atoms with E-state index in [9.17, 15) is 9.59 Å². The number of carbonyl (C=O) groups is 2. The second kappa shape index (κ2) is 8.01. The zero-order chi connectivity index (χ0) is 17.6. The Balaban J connectivity index is 1.44. The van der Waals surface area contributed by atoms with Gasteiger partial charge in [-0.15, -0.1) is 0 Å². The highest BCUT2D eigenvalue weighted by atomic mass is 16.2. The summed E-state index contributed by atoms with van der Waals surface area (Å²) in [5.41, 5.74) is 1.02. The first-order valence-corrected chi connectivity index (χ1v) is 8.88. The van der Waals surface area contributed by atoms with E-state index in [2.05, 4.69) is 29.6 Å². The lowest BCUT2D eigenvalue weighted by Gasteiger charge is -2.20. The molecule has 0 saturated carbocycles. The molecule has 0 atom stereocenters. The number of fused-ring (bicyclic) bond motifs is 1. The van der Waals surface area contributed by atoms with E-state index in [-0.39, 0.29) is 11.8 Å². The van der Waals surface area contributed by atoms with Crippen LogP contribution in [0.3, 0.4) is 0 Å². The lowest BCUT2D eigenvalue weighted by atomic mass is 10.1. The number of carbonyl (C=O) groups excluding carboxylic acids is 2. The molecule has 0 spiro atoms. The van der Waals surface area contributed by atoms with Crippen LogP contribution in [0.25, 0.3) is 10.8 Å². The maximum Gasteiger partial charge on any atom is 0.239 e. The van der Waals surface area contributed by atoms with Crippen LogP contribution in [0.5, 0.6) is 0 Å². The van der Waals surface area contributed by atoms with Gasteiger partial charge in [0.15, 0.2) is 0 Å². The summed E-state index contributed by atoms with van der Waals surface area (Å²) in [4.78, 5) is 27.5. The summed E-state index contributed by atoms with van der Waals surface area (Å²) in [6.45, 7) is 2.52. The normalized spacial score (nSPS) is 14.1. The van der Waals surface area contributed by atoms with Crippen LogP contribution >= 0.6 is 0 Å². The Morgan fingerprint density at radius 1 is 1.20 bits per heavy atom. The Hall–Kier alpha value is -2.56. The quantitative estimate of drug-likeness (QED) is 0.788. The molecule has 0 aromatic heterocycles. The number of anilines is 1. The molecule has 5 heteroatoms. The van der Waals surface area contributed by atoms with Gasteiger partial charge in [-0.1, -0.05) is 30.3 Å². The van der Waals surface area contributed by atoms with Crippen LogP contribution < -0.4 is 10.2 Å². The van der Waals surface area contributed by atoms with Gasteiger partial charge in [0.05, 0.1) is 6.54 Å². The molecule has 0 radical (unpaired) electrons. The van der Waals surface area contributed by atoms with E-state index in [1.807, 2.05) is 35.0 Å². The van der Waals surface area contributed by atoms with Gasteiger partial charge in [0.1, 0.15) is 0 Å². The van der Waals surface area contributed by atoms with E-state index in [1.165, 1.54) is 10.8 Å². The second-order valence-corrected chi connectivity index (χ2v) is 6.58. The fraction of sp³-hybridized carbons (Fsp3) is 0.400. The highest BCUT2D eigenvalue weighted by Crippen LogP contribution is 2.21. The Labute approximate surface area is 148 Å². The molecule has 5 nitrogen and oxygen atoms in total. The van der Waals surface area contributed by atoms with Crippen LogP contribution in [0.15, 0.2) is 42.5 Å². The summed E-state index contributed by atoms with van der Waals surface area (Å²) >= 11 is 0. The van der Waals surface area contributed by atoms with Gasteiger partial charge in [-0.3, -0.25) is 9.59 Å². The molecule has 2 aromatic carbocycles. The molecule has 0 bridgehead atoms. The van der Waals surface area contributed by atoms with Crippen LogP contribution in [-0.4, -0.2) is 49.9 Å². The molecular formula is C20H25N3O2. The number of hydrogen-bond donors (Lipinski definition) is 1. The number of amides is 2. The molecule has 0 aliphatic carbocycles. The predicted octanol–water partition coefficient (Wildman–Crippen LogP) is 2.40. The number of likely N-dealkylation sites (tertiary alicyclic amines) is 1. The molecule has 2 aromatic rings. The van der Waals surface area contributed by atoms with Crippen molar-refractivity contribution in [2.45, 2.75) is 19.3 Å². The van der Waals surface area contributed by atoms with Gasteiger partial charge in [-0.05, 0) is 35.7 Å². The fourth-order valence-electron chi connectivity index (χ4n) is 3.21. The SMILES string of the molecule is CN(CC(=O)NCCCN1CCCC1=O)c1ccc2ccccc2c1. The highest BCUT2D eigenvalue weighted by Gasteiger charge is 2.19. The molecule has 1 N–H and O–H groups in total. The molecule has 2 amide bonds. The first-order chi connectivity index (χ1) is 12.1. The molecule has 132 valence electrons. The summed E-state index contributed by atoms with van der Waals surface area (Å²) in [5.74, 6) is 0.241. The van der Waals surface area contributed by atoms with Gasteiger partial charge in [0.2, 0.25) is 11.8 Å². The monoisotopic (exact) mass is 339 g/mol. The lowest BCUT2D eigenvalue weighted by Crippen LogP contribution is -2.36.